The zero-order valence-electron chi connectivity index (χ0n) is 22.4. The number of halogens is 1. The van der Waals surface area contributed by atoms with Gasteiger partial charge in [0.15, 0.2) is 5.65 Å². The number of carbonyl (C=O) groups is 2. The summed E-state index contributed by atoms with van der Waals surface area (Å²) in [5.41, 5.74) is 9.40. The van der Waals surface area contributed by atoms with Gasteiger partial charge in [-0.3, -0.25) is 9.59 Å². The van der Waals surface area contributed by atoms with Gasteiger partial charge in [0.25, 0.3) is 5.91 Å². The van der Waals surface area contributed by atoms with Gasteiger partial charge in [-0.1, -0.05) is 24.3 Å². The van der Waals surface area contributed by atoms with Crippen LogP contribution in [-0.2, 0) is 16.1 Å². The van der Waals surface area contributed by atoms with E-state index in [-0.39, 0.29) is 30.0 Å². The highest BCUT2D eigenvalue weighted by atomic mass is 19.1. The largest absolute Gasteiger partial charge is 0.496 e. The number of rotatable bonds is 8. The smallest absolute Gasteiger partial charge is 0.308 e. The molecule has 0 spiro atoms. The summed E-state index contributed by atoms with van der Waals surface area (Å²) >= 11 is 0. The number of fused-ring (bicyclic) bond motifs is 1. The van der Waals surface area contributed by atoms with Crippen molar-refractivity contribution < 1.29 is 23.5 Å². The van der Waals surface area contributed by atoms with Crippen LogP contribution in [0.4, 0.5) is 10.2 Å². The quantitative estimate of drug-likeness (QED) is 0.310. The van der Waals surface area contributed by atoms with E-state index < -0.39 is 11.7 Å². The van der Waals surface area contributed by atoms with Gasteiger partial charge in [-0.25, -0.2) is 19.0 Å². The first-order valence-corrected chi connectivity index (χ1v) is 13.3. The summed E-state index contributed by atoms with van der Waals surface area (Å²) in [6.45, 7) is 2.44. The molecule has 11 heteroatoms. The third kappa shape index (κ3) is 5.45. The minimum absolute atomic E-state index is 0.0746. The van der Waals surface area contributed by atoms with E-state index in [9.17, 15) is 14.0 Å². The number of benzene rings is 2. The van der Waals surface area contributed by atoms with Crippen LogP contribution in [0, 0.1) is 11.7 Å². The third-order valence-corrected chi connectivity index (χ3v) is 7.27. The molecule has 1 saturated carbocycles. The minimum Gasteiger partial charge on any atom is -0.496 e. The maximum absolute atomic E-state index is 13.7. The van der Waals surface area contributed by atoms with Crippen molar-refractivity contribution in [3.63, 3.8) is 0 Å². The molecule has 0 bridgehead atoms. The topological polar surface area (TPSA) is 134 Å². The number of nitrogens with zero attached hydrogens (tertiary/aromatic N) is 4. The number of aromatic nitrogens is 4. The number of hydrogen-bond acceptors (Lipinski definition) is 8. The number of carbonyl (C=O) groups excluding carboxylic acids is 2. The summed E-state index contributed by atoms with van der Waals surface area (Å²) in [5, 5.41) is 8.40. The van der Waals surface area contributed by atoms with Gasteiger partial charge in [0, 0.05) is 12.1 Å². The van der Waals surface area contributed by atoms with E-state index in [1.165, 1.54) is 25.6 Å². The SMILES string of the molecule is CCOC(=O)C1CCC(n2nc(-c3ccc(CNC(=O)c4cc(F)ccc4OC)cc3)c3c(N)ncnc32)CC1. The molecule has 0 aliphatic heterocycles. The van der Waals surface area contributed by atoms with E-state index in [1.807, 2.05) is 35.9 Å². The van der Waals surface area contributed by atoms with Gasteiger partial charge in [0.05, 0.1) is 36.6 Å². The molecule has 0 unspecified atom stereocenters. The summed E-state index contributed by atoms with van der Waals surface area (Å²) in [4.78, 5) is 33.5. The van der Waals surface area contributed by atoms with Crippen molar-refractivity contribution >= 4 is 28.7 Å². The number of nitrogens with two attached hydrogens (primary N) is 1. The van der Waals surface area contributed by atoms with Crippen molar-refractivity contribution in [1.29, 1.82) is 0 Å². The Bertz CT molecular complexity index is 1530. The summed E-state index contributed by atoms with van der Waals surface area (Å²) in [5.74, 6) is -0.542. The van der Waals surface area contributed by atoms with Gasteiger partial charge in [-0.15, -0.1) is 0 Å². The first-order chi connectivity index (χ1) is 19.4. The monoisotopic (exact) mass is 546 g/mol. The Labute approximate surface area is 230 Å². The van der Waals surface area contributed by atoms with Crippen LogP contribution in [0.25, 0.3) is 22.3 Å². The molecule has 1 aliphatic rings. The molecule has 2 aromatic carbocycles. The zero-order chi connectivity index (χ0) is 28.2. The Morgan fingerprint density at radius 2 is 1.85 bits per heavy atom. The molecule has 208 valence electrons. The number of ether oxygens (including phenoxy) is 2. The molecule has 10 nitrogen and oxygen atoms in total. The van der Waals surface area contributed by atoms with Gasteiger partial charge in [-0.2, -0.15) is 5.10 Å². The number of hydrogen-bond donors (Lipinski definition) is 2. The number of methoxy groups -OCH3 is 1. The molecule has 4 aromatic rings. The molecule has 5 rings (SSSR count). The molecule has 0 atom stereocenters. The van der Waals surface area contributed by atoms with Crippen molar-refractivity contribution in [3.8, 4) is 17.0 Å². The van der Waals surface area contributed by atoms with Crippen LogP contribution in [0.15, 0.2) is 48.8 Å². The molecule has 3 N–H and O–H groups in total. The summed E-state index contributed by atoms with van der Waals surface area (Å²) < 4.78 is 26.0. The Kier molecular flexibility index (Phi) is 7.90. The zero-order valence-corrected chi connectivity index (χ0v) is 22.4. The molecule has 2 aromatic heterocycles. The van der Waals surface area contributed by atoms with Crippen LogP contribution in [0.5, 0.6) is 5.75 Å². The van der Waals surface area contributed by atoms with Crippen LogP contribution in [0.3, 0.4) is 0 Å². The number of nitrogens with one attached hydrogen (secondary N) is 1. The molecular weight excluding hydrogens is 515 g/mol. The van der Waals surface area contributed by atoms with Crippen molar-refractivity contribution in [2.45, 2.75) is 45.2 Å². The number of esters is 1. The lowest BCUT2D eigenvalue weighted by Gasteiger charge is -2.27. The van der Waals surface area contributed by atoms with Gasteiger partial charge in [-0.05, 0) is 56.4 Å². The van der Waals surface area contributed by atoms with E-state index in [4.69, 9.17) is 20.3 Å². The fourth-order valence-corrected chi connectivity index (χ4v) is 5.18. The average Bonchev–Trinajstić information content (AvgIpc) is 3.37. The van der Waals surface area contributed by atoms with Gasteiger partial charge in [0.2, 0.25) is 0 Å². The van der Waals surface area contributed by atoms with E-state index in [0.717, 1.165) is 42.9 Å². The number of amides is 1. The fraction of sp³-hybridized carbons (Fsp3) is 0.345. The predicted octanol–water partition coefficient (Wildman–Crippen LogP) is 4.45. The standard InChI is InChI=1S/C29H31FN6O4/c1-3-40-29(38)19-8-11-21(12-9-19)36-27-24(26(31)33-16-34-27)25(35-36)18-6-4-17(5-7-18)15-32-28(37)22-14-20(30)10-13-23(22)39-2/h4-7,10,13-14,16,19,21H,3,8-9,11-12,15H2,1-2H3,(H,32,37)(H2,31,33,34). The highest BCUT2D eigenvalue weighted by Crippen LogP contribution is 2.37. The van der Waals surface area contributed by atoms with E-state index in [1.54, 1.807) is 0 Å². The van der Waals surface area contributed by atoms with Crippen molar-refractivity contribution in [3.05, 3.63) is 65.7 Å². The molecule has 40 heavy (non-hydrogen) atoms. The average molecular weight is 547 g/mol. The Morgan fingerprint density at radius 3 is 2.55 bits per heavy atom. The molecule has 0 radical (unpaired) electrons. The van der Waals surface area contributed by atoms with E-state index in [0.29, 0.717) is 34.9 Å². The van der Waals surface area contributed by atoms with Crippen molar-refractivity contribution in [1.82, 2.24) is 25.1 Å². The summed E-state index contributed by atoms with van der Waals surface area (Å²) in [6, 6.07) is 11.5. The maximum atomic E-state index is 13.7. The maximum Gasteiger partial charge on any atom is 0.308 e. The predicted molar refractivity (Wildman–Crippen MR) is 147 cm³/mol. The van der Waals surface area contributed by atoms with Crippen LogP contribution in [0.2, 0.25) is 0 Å². The van der Waals surface area contributed by atoms with Crippen molar-refractivity contribution in [2.75, 3.05) is 19.5 Å². The second-order valence-electron chi connectivity index (χ2n) is 9.73. The molecule has 1 fully saturated rings. The van der Waals surface area contributed by atoms with Crippen molar-refractivity contribution in [2.24, 2.45) is 5.92 Å². The van der Waals surface area contributed by atoms with Crippen LogP contribution < -0.4 is 15.8 Å². The second kappa shape index (κ2) is 11.7. The van der Waals surface area contributed by atoms with Gasteiger partial charge in [0.1, 0.15) is 29.4 Å². The third-order valence-electron chi connectivity index (χ3n) is 7.27. The molecular formula is C29H31FN6O4. The number of nitrogen functional groups attached to an aromatic ring is 1. The normalized spacial score (nSPS) is 17.0. The Balaban J connectivity index is 1.34. The number of anilines is 1. The lowest BCUT2D eigenvalue weighted by molar-refractivity contribution is -0.149. The van der Waals surface area contributed by atoms with Gasteiger partial charge < -0.3 is 20.5 Å². The highest BCUT2D eigenvalue weighted by molar-refractivity contribution is 5.98. The first kappa shape index (κ1) is 27.0. The summed E-state index contributed by atoms with van der Waals surface area (Å²) in [7, 11) is 1.43. The Morgan fingerprint density at radius 1 is 1.10 bits per heavy atom. The van der Waals surface area contributed by atoms with Crippen LogP contribution >= 0.6 is 0 Å². The van der Waals surface area contributed by atoms with E-state index in [2.05, 4.69) is 15.3 Å². The lowest BCUT2D eigenvalue weighted by Crippen LogP contribution is -2.25. The molecule has 1 amide bonds. The highest BCUT2D eigenvalue weighted by Gasteiger charge is 2.30. The molecule has 1 aliphatic carbocycles. The first-order valence-electron chi connectivity index (χ1n) is 13.3. The second-order valence-corrected chi connectivity index (χ2v) is 9.73. The lowest BCUT2D eigenvalue weighted by atomic mass is 9.86. The van der Waals surface area contributed by atoms with Crippen LogP contribution in [0.1, 0.15) is 54.6 Å². The molecule has 0 saturated heterocycles. The van der Waals surface area contributed by atoms with Crippen LogP contribution in [-0.4, -0.2) is 45.3 Å². The van der Waals surface area contributed by atoms with E-state index >= 15 is 0 Å². The minimum atomic E-state index is -0.516. The Hall–Kier alpha value is -4.54. The van der Waals surface area contributed by atoms with Gasteiger partial charge >= 0.3 is 5.97 Å². The molecule has 2 heterocycles. The fourth-order valence-electron chi connectivity index (χ4n) is 5.18. The summed E-state index contributed by atoms with van der Waals surface area (Å²) in [6.07, 6.45) is 4.44.